The first kappa shape index (κ1) is 22.1. The van der Waals surface area contributed by atoms with Crippen LogP contribution in [0.1, 0.15) is 42.1 Å². The highest BCUT2D eigenvalue weighted by molar-refractivity contribution is 5.76. The monoisotopic (exact) mass is 421 g/mol. The zero-order chi connectivity index (χ0) is 21.6. The molecule has 0 spiro atoms. The molecule has 0 atom stereocenters. The Labute approximate surface area is 174 Å². The molecule has 0 radical (unpaired) electrons. The minimum atomic E-state index is -4.39. The van der Waals surface area contributed by atoms with E-state index in [0.717, 1.165) is 24.7 Å². The topological polar surface area (TPSA) is 47.4 Å². The van der Waals surface area contributed by atoms with Crippen molar-refractivity contribution in [2.75, 3.05) is 26.3 Å². The van der Waals surface area contributed by atoms with Gasteiger partial charge in [-0.05, 0) is 24.5 Å². The minimum absolute atomic E-state index is 0.0555. The normalized spacial score (nSPS) is 15.4. The number of imidazole rings is 1. The smallest absolute Gasteiger partial charge is 0.377 e. The summed E-state index contributed by atoms with van der Waals surface area (Å²) in [7, 11) is 0. The summed E-state index contributed by atoms with van der Waals surface area (Å²) in [5.74, 6) is 0.937. The fourth-order valence-electron chi connectivity index (χ4n) is 3.80. The Hall–Kier alpha value is -2.61. The maximum absolute atomic E-state index is 13.3. The van der Waals surface area contributed by atoms with Crippen LogP contribution >= 0.6 is 0 Å². The predicted molar refractivity (Wildman–Crippen MR) is 107 cm³/mol. The molecule has 0 saturated carbocycles. The highest BCUT2D eigenvalue weighted by Crippen LogP contribution is 2.33. The van der Waals surface area contributed by atoms with Gasteiger partial charge in [0.05, 0.1) is 25.2 Å². The van der Waals surface area contributed by atoms with E-state index in [1.807, 2.05) is 4.90 Å². The molecule has 0 N–H and O–H groups in total. The lowest BCUT2D eigenvalue weighted by Crippen LogP contribution is -2.38. The van der Waals surface area contributed by atoms with Gasteiger partial charge in [0.2, 0.25) is 5.91 Å². The number of hydrogen-bond acceptors (Lipinski definition) is 3. The number of amides is 1. The van der Waals surface area contributed by atoms with Gasteiger partial charge in [-0.15, -0.1) is 6.58 Å². The van der Waals surface area contributed by atoms with Crippen molar-refractivity contribution in [3.63, 3.8) is 0 Å². The summed E-state index contributed by atoms with van der Waals surface area (Å²) in [5.41, 5.74) is -0.403. The van der Waals surface area contributed by atoms with Crippen LogP contribution in [0.4, 0.5) is 13.2 Å². The van der Waals surface area contributed by atoms with E-state index in [9.17, 15) is 18.0 Å². The molecular formula is C22H26F3N3O2. The molecule has 162 valence electrons. The van der Waals surface area contributed by atoms with E-state index >= 15 is 0 Å². The van der Waals surface area contributed by atoms with E-state index in [4.69, 9.17) is 4.74 Å². The Balaban J connectivity index is 1.61. The van der Waals surface area contributed by atoms with Crippen LogP contribution in [-0.4, -0.2) is 46.7 Å². The number of aromatic nitrogens is 2. The van der Waals surface area contributed by atoms with Crippen LogP contribution < -0.4 is 0 Å². The number of halogens is 3. The first-order valence-electron chi connectivity index (χ1n) is 10.0. The van der Waals surface area contributed by atoms with E-state index in [1.165, 1.54) is 12.1 Å². The molecule has 1 aromatic heterocycles. The van der Waals surface area contributed by atoms with Crippen molar-refractivity contribution in [2.45, 2.75) is 37.9 Å². The Morgan fingerprint density at radius 1 is 1.27 bits per heavy atom. The Morgan fingerprint density at radius 3 is 2.70 bits per heavy atom. The molecule has 1 aliphatic heterocycles. The molecule has 1 amide bonds. The third-order valence-corrected chi connectivity index (χ3v) is 5.32. The van der Waals surface area contributed by atoms with Gasteiger partial charge in [-0.25, -0.2) is 4.98 Å². The Morgan fingerprint density at radius 2 is 2.00 bits per heavy atom. The molecule has 1 fully saturated rings. The van der Waals surface area contributed by atoms with Gasteiger partial charge >= 0.3 is 6.18 Å². The summed E-state index contributed by atoms with van der Waals surface area (Å²) in [6.45, 7) is 5.69. The second-order valence-corrected chi connectivity index (χ2v) is 7.34. The largest absolute Gasteiger partial charge is 0.416 e. The van der Waals surface area contributed by atoms with E-state index in [1.54, 1.807) is 29.1 Å². The van der Waals surface area contributed by atoms with Crippen molar-refractivity contribution in [2.24, 2.45) is 0 Å². The average Bonchev–Trinajstić information content (AvgIpc) is 3.19. The number of alkyl halides is 3. The molecule has 5 nitrogen and oxygen atoms in total. The first-order valence-corrected chi connectivity index (χ1v) is 10.0. The van der Waals surface area contributed by atoms with Gasteiger partial charge in [0, 0.05) is 37.9 Å². The van der Waals surface area contributed by atoms with Crippen LogP contribution in [0.15, 0.2) is 49.3 Å². The molecule has 2 heterocycles. The number of piperidine rings is 1. The standard InChI is InChI=1S/C22H26F3N3O2/c1-2-14-30-15-9-20(29)27-11-7-17(8-12-27)21-26-10-13-28(21)16-18-5-3-4-6-19(18)22(23,24)25/h2-6,10,13,17H,1,7-9,11-12,14-16H2. The summed E-state index contributed by atoms with van der Waals surface area (Å²) in [6.07, 6.45) is 2.40. The SMILES string of the molecule is C=CCOCCC(=O)N1CCC(c2nccn2Cc2ccccc2C(F)(F)F)CC1. The van der Waals surface area contributed by atoms with E-state index in [-0.39, 0.29) is 23.9 Å². The number of likely N-dealkylation sites (tertiary alicyclic amines) is 1. The highest BCUT2D eigenvalue weighted by atomic mass is 19.4. The third kappa shape index (κ3) is 5.50. The summed E-state index contributed by atoms with van der Waals surface area (Å²) < 4.78 is 47.0. The van der Waals surface area contributed by atoms with Crippen LogP contribution in [0.2, 0.25) is 0 Å². The maximum atomic E-state index is 13.3. The summed E-state index contributed by atoms with van der Waals surface area (Å²) in [4.78, 5) is 18.5. The van der Waals surface area contributed by atoms with E-state index in [0.29, 0.717) is 32.7 Å². The molecule has 0 bridgehead atoms. The van der Waals surface area contributed by atoms with E-state index in [2.05, 4.69) is 11.6 Å². The fourth-order valence-corrected chi connectivity index (χ4v) is 3.80. The van der Waals surface area contributed by atoms with Crippen LogP contribution in [0.5, 0.6) is 0 Å². The Bertz CT molecular complexity index is 855. The average molecular weight is 421 g/mol. The maximum Gasteiger partial charge on any atom is 0.416 e. The molecule has 8 heteroatoms. The fraction of sp³-hybridized carbons (Fsp3) is 0.455. The molecular weight excluding hydrogens is 395 g/mol. The van der Waals surface area contributed by atoms with Crippen LogP contribution in [-0.2, 0) is 22.3 Å². The predicted octanol–water partition coefficient (Wildman–Crippen LogP) is 4.25. The molecule has 1 saturated heterocycles. The number of ether oxygens (including phenoxy) is 1. The molecule has 30 heavy (non-hydrogen) atoms. The van der Waals surface area contributed by atoms with Gasteiger partial charge in [0.1, 0.15) is 5.82 Å². The number of nitrogens with zero attached hydrogens (tertiary/aromatic N) is 3. The molecule has 1 aliphatic rings. The van der Waals surface area contributed by atoms with Crippen molar-refractivity contribution < 1.29 is 22.7 Å². The lowest BCUT2D eigenvalue weighted by molar-refractivity contribution is -0.138. The summed E-state index contributed by atoms with van der Waals surface area (Å²) >= 11 is 0. The lowest BCUT2D eigenvalue weighted by Gasteiger charge is -2.32. The van der Waals surface area contributed by atoms with Gasteiger partial charge in [-0.3, -0.25) is 4.79 Å². The van der Waals surface area contributed by atoms with Crippen molar-refractivity contribution in [1.29, 1.82) is 0 Å². The number of hydrogen-bond donors (Lipinski definition) is 0. The summed E-state index contributed by atoms with van der Waals surface area (Å²) in [6, 6.07) is 5.62. The number of carbonyl (C=O) groups excluding carboxylic acids is 1. The van der Waals surface area contributed by atoms with Crippen molar-refractivity contribution in [3.05, 3.63) is 66.3 Å². The van der Waals surface area contributed by atoms with Gasteiger partial charge in [-0.2, -0.15) is 13.2 Å². The van der Waals surface area contributed by atoms with E-state index < -0.39 is 11.7 Å². The third-order valence-electron chi connectivity index (χ3n) is 5.32. The van der Waals surface area contributed by atoms with Crippen LogP contribution in [0.3, 0.4) is 0 Å². The second-order valence-electron chi connectivity index (χ2n) is 7.34. The zero-order valence-corrected chi connectivity index (χ0v) is 16.8. The number of rotatable bonds is 8. The zero-order valence-electron chi connectivity index (χ0n) is 16.8. The second kappa shape index (κ2) is 9.93. The molecule has 1 aromatic carbocycles. The van der Waals surface area contributed by atoms with Gasteiger partial charge < -0.3 is 14.2 Å². The quantitative estimate of drug-likeness (QED) is 0.473. The van der Waals surface area contributed by atoms with Crippen LogP contribution in [0, 0.1) is 0 Å². The highest BCUT2D eigenvalue weighted by Gasteiger charge is 2.33. The molecule has 0 aliphatic carbocycles. The van der Waals surface area contributed by atoms with Gasteiger partial charge in [-0.1, -0.05) is 24.3 Å². The van der Waals surface area contributed by atoms with Crippen molar-refractivity contribution in [3.8, 4) is 0 Å². The number of carbonyl (C=O) groups is 1. The number of benzene rings is 1. The minimum Gasteiger partial charge on any atom is -0.377 e. The van der Waals surface area contributed by atoms with Crippen molar-refractivity contribution >= 4 is 5.91 Å². The molecule has 2 aromatic rings. The molecule has 3 rings (SSSR count). The lowest BCUT2D eigenvalue weighted by atomic mass is 9.95. The van der Waals surface area contributed by atoms with Crippen LogP contribution in [0.25, 0.3) is 0 Å². The van der Waals surface area contributed by atoms with Gasteiger partial charge in [0.25, 0.3) is 0 Å². The Kier molecular flexibility index (Phi) is 7.31. The first-order chi connectivity index (χ1) is 14.4. The molecule has 0 unspecified atom stereocenters. The van der Waals surface area contributed by atoms with Crippen molar-refractivity contribution in [1.82, 2.24) is 14.5 Å². The summed E-state index contributed by atoms with van der Waals surface area (Å²) in [5, 5.41) is 0. The van der Waals surface area contributed by atoms with Gasteiger partial charge in [0.15, 0.2) is 0 Å².